The Labute approximate surface area is 137 Å². The number of nitrogens with one attached hydrogen (secondary N) is 2. The molecule has 23 heavy (non-hydrogen) atoms. The van der Waals surface area contributed by atoms with E-state index in [1.165, 1.54) is 16.7 Å². The lowest BCUT2D eigenvalue weighted by Crippen LogP contribution is -2.24. The Morgan fingerprint density at radius 2 is 1.83 bits per heavy atom. The third kappa shape index (κ3) is 3.78. The predicted octanol–water partition coefficient (Wildman–Crippen LogP) is 2.28. The minimum atomic E-state index is -0.0145. The molecule has 0 fully saturated rings. The summed E-state index contributed by atoms with van der Waals surface area (Å²) in [7, 11) is 4.10. The quantitative estimate of drug-likeness (QED) is 0.890. The summed E-state index contributed by atoms with van der Waals surface area (Å²) in [6, 6.07) is 14.2. The molecular formula is C19H23N3O. The van der Waals surface area contributed by atoms with Gasteiger partial charge in [-0.1, -0.05) is 30.3 Å². The lowest BCUT2D eigenvalue weighted by molar-refractivity contribution is 0.0950. The Hall–Kier alpha value is -2.17. The van der Waals surface area contributed by atoms with E-state index in [2.05, 4.69) is 27.7 Å². The maximum atomic E-state index is 12.4. The summed E-state index contributed by atoms with van der Waals surface area (Å²) in [5.41, 5.74) is 5.66. The molecule has 2 N–H and O–H groups in total. The number of hydrogen-bond donors (Lipinski definition) is 2. The van der Waals surface area contributed by atoms with Crippen LogP contribution in [0.3, 0.4) is 0 Å². The smallest absolute Gasteiger partial charge is 0.251 e. The zero-order valence-corrected chi connectivity index (χ0v) is 13.7. The van der Waals surface area contributed by atoms with Gasteiger partial charge in [-0.05, 0) is 48.5 Å². The fourth-order valence-electron chi connectivity index (χ4n) is 2.94. The van der Waals surface area contributed by atoms with Crippen molar-refractivity contribution in [2.75, 3.05) is 14.1 Å². The summed E-state index contributed by atoms with van der Waals surface area (Å²) < 4.78 is 0. The SMILES string of the molecule is CN(C)Cc1ccccc1CNC(=O)c1ccc2c(c1)CNC2. The summed E-state index contributed by atoms with van der Waals surface area (Å²) in [4.78, 5) is 14.5. The second-order valence-electron chi connectivity index (χ2n) is 6.28. The molecule has 1 amide bonds. The average Bonchev–Trinajstić information content (AvgIpc) is 3.00. The molecule has 0 aromatic heterocycles. The summed E-state index contributed by atoms with van der Waals surface area (Å²) in [6.45, 7) is 3.17. The lowest BCUT2D eigenvalue weighted by atomic mass is 10.0. The standard InChI is InChI=1S/C19H23N3O/c1-22(2)13-17-6-4-3-5-15(17)12-21-19(23)14-7-8-16-10-20-11-18(16)9-14/h3-9,20H,10-13H2,1-2H3,(H,21,23). The molecule has 1 heterocycles. The van der Waals surface area contributed by atoms with Crippen molar-refractivity contribution in [1.82, 2.24) is 15.5 Å². The predicted molar refractivity (Wildman–Crippen MR) is 92.0 cm³/mol. The highest BCUT2D eigenvalue weighted by Crippen LogP contribution is 2.17. The number of fused-ring (bicyclic) bond motifs is 1. The molecule has 0 spiro atoms. The topological polar surface area (TPSA) is 44.4 Å². The number of hydrogen-bond acceptors (Lipinski definition) is 3. The molecule has 0 saturated carbocycles. The molecule has 0 atom stereocenters. The first-order valence-electron chi connectivity index (χ1n) is 7.96. The van der Waals surface area contributed by atoms with Crippen molar-refractivity contribution in [3.05, 3.63) is 70.3 Å². The van der Waals surface area contributed by atoms with E-state index in [1.807, 2.05) is 44.4 Å². The molecule has 1 aliphatic heterocycles. The van der Waals surface area contributed by atoms with Crippen LogP contribution in [0.4, 0.5) is 0 Å². The molecule has 0 bridgehead atoms. The van der Waals surface area contributed by atoms with Gasteiger partial charge in [-0.3, -0.25) is 4.79 Å². The minimum Gasteiger partial charge on any atom is -0.348 e. The number of carbonyl (C=O) groups is 1. The molecule has 0 aliphatic carbocycles. The van der Waals surface area contributed by atoms with E-state index < -0.39 is 0 Å². The summed E-state index contributed by atoms with van der Waals surface area (Å²) >= 11 is 0. The highest BCUT2D eigenvalue weighted by Gasteiger charge is 2.13. The van der Waals surface area contributed by atoms with Crippen molar-refractivity contribution < 1.29 is 4.79 Å². The van der Waals surface area contributed by atoms with Gasteiger partial charge in [0.2, 0.25) is 0 Å². The molecule has 2 aromatic rings. The van der Waals surface area contributed by atoms with Gasteiger partial charge in [0.25, 0.3) is 5.91 Å². The van der Waals surface area contributed by atoms with Gasteiger partial charge in [-0.25, -0.2) is 0 Å². The fraction of sp³-hybridized carbons (Fsp3) is 0.316. The van der Waals surface area contributed by atoms with Crippen LogP contribution in [0.15, 0.2) is 42.5 Å². The first-order chi connectivity index (χ1) is 11.1. The molecule has 0 saturated heterocycles. The summed E-state index contributed by atoms with van der Waals surface area (Å²) in [5.74, 6) is -0.0145. The van der Waals surface area contributed by atoms with Crippen LogP contribution in [-0.4, -0.2) is 24.9 Å². The molecule has 4 nitrogen and oxygen atoms in total. The van der Waals surface area contributed by atoms with Gasteiger partial charge in [0.05, 0.1) is 0 Å². The fourth-order valence-corrected chi connectivity index (χ4v) is 2.94. The maximum Gasteiger partial charge on any atom is 0.251 e. The Morgan fingerprint density at radius 3 is 2.61 bits per heavy atom. The molecule has 3 rings (SSSR count). The van der Waals surface area contributed by atoms with E-state index in [0.29, 0.717) is 6.54 Å². The first-order valence-corrected chi connectivity index (χ1v) is 7.96. The van der Waals surface area contributed by atoms with Crippen molar-refractivity contribution >= 4 is 5.91 Å². The van der Waals surface area contributed by atoms with E-state index in [1.54, 1.807) is 0 Å². The Bertz CT molecular complexity index is 710. The number of amides is 1. The van der Waals surface area contributed by atoms with Gasteiger partial charge in [0.1, 0.15) is 0 Å². The zero-order valence-electron chi connectivity index (χ0n) is 13.7. The maximum absolute atomic E-state index is 12.4. The van der Waals surface area contributed by atoms with Gasteiger partial charge >= 0.3 is 0 Å². The minimum absolute atomic E-state index is 0.0145. The number of rotatable bonds is 5. The third-order valence-corrected chi connectivity index (χ3v) is 4.14. The molecule has 2 aromatic carbocycles. The lowest BCUT2D eigenvalue weighted by Gasteiger charge is -2.14. The van der Waals surface area contributed by atoms with Crippen molar-refractivity contribution in [1.29, 1.82) is 0 Å². The molecule has 4 heteroatoms. The van der Waals surface area contributed by atoms with Crippen molar-refractivity contribution in [3.63, 3.8) is 0 Å². The zero-order chi connectivity index (χ0) is 16.2. The summed E-state index contributed by atoms with van der Waals surface area (Å²) in [5, 5.41) is 6.34. The Morgan fingerprint density at radius 1 is 1.09 bits per heavy atom. The van der Waals surface area contributed by atoms with E-state index in [9.17, 15) is 4.79 Å². The number of nitrogens with zero attached hydrogens (tertiary/aromatic N) is 1. The van der Waals surface area contributed by atoms with Crippen LogP contribution < -0.4 is 10.6 Å². The van der Waals surface area contributed by atoms with Crippen LogP contribution in [0.25, 0.3) is 0 Å². The second kappa shape index (κ2) is 6.94. The largest absolute Gasteiger partial charge is 0.348 e. The number of carbonyl (C=O) groups excluding carboxylic acids is 1. The first kappa shape index (κ1) is 15.7. The van der Waals surface area contributed by atoms with Crippen LogP contribution in [0, 0.1) is 0 Å². The van der Waals surface area contributed by atoms with E-state index in [4.69, 9.17) is 0 Å². The molecule has 0 unspecified atom stereocenters. The van der Waals surface area contributed by atoms with Crippen molar-refractivity contribution in [2.24, 2.45) is 0 Å². The van der Waals surface area contributed by atoms with Gasteiger partial charge < -0.3 is 15.5 Å². The second-order valence-corrected chi connectivity index (χ2v) is 6.28. The van der Waals surface area contributed by atoms with Crippen LogP contribution in [0.5, 0.6) is 0 Å². The highest BCUT2D eigenvalue weighted by atomic mass is 16.1. The number of benzene rings is 2. The monoisotopic (exact) mass is 309 g/mol. The van der Waals surface area contributed by atoms with Gasteiger partial charge in [-0.2, -0.15) is 0 Å². The van der Waals surface area contributed by atoms with Crippen molar-refractivity contribution in [2.45, 2.75) is 26.2 Å². The molecular weight excluding hydrogens is 286 g/mol. The van der Waals surface area contributed by atoms with Crippen molar-refractivity contribution in [3.8, 4) is 0 Å². The molecule has 0 radical (unpaired) electrons. The van der Waals surface area contributed by atoms with Crippen LogP contribution in [-0.2, 0) is 26.2 Å². The Kier molecular flexibility index (Phi) is 4.74. The van der Waals surface area contributed by atoms with E-state index in [-0.39, 0.29) is 5.91 Å². The molecule has 120 valence electrons. The van der Waals surface area contributed by atoms with Crippen LogP contribution in [0.2, 0.25) is 0 Å². The van der Waals surface area contributed by atoms with E-state index in [0.717, 1.165) is 30.8 Å². The van der Waals surface area contributed by atoms with Gasteiger partial charge in [-0.15, -0.1) is 0 Å². The highest BCUT2D eigenvalue weighted by molar-refractivity contribution is 5.94. The van der Waals surface area contributed by atoms with Gasteiger partial charge in [0, 0.05) is 31.7 Å². The average molecular weight is 309 g/mol. The van der Waals surface area contributed by atoms with E-state index >= 15 is 0 Å². The van der Waals surface area contributed by atoms with Crippen LogP contribution in [0.1, 0.15) is 32.6 Å². The van der Waals surface area contributed by atoms with Gasteiger partial charge in [0.15, 0.2) is 0 Å². The normalized spacial score (nSPS) is 13.2. The Balaban J connectivity index is 1.67. The molecule has 1 aliphatic rings. The third-order valence-electron chi connectivity index (χ3n) is 4.14. The summed E-state index contributed by atoms with van der Waals surface area (Å²) in [6.07, 6.45) is 0. The van der Waals surface area contributed by atoms with Crippen LogP contribution >= 0.6 is 0 Å².